The summed E-state index contributed by atoms with van der Waals surface area (Å²) in [6.45, 7) is 5.19. The number of benzene rings is 2. The number of aliphatic hydroxyl groups excluding tert-OH is 1. The van der Waals surface area contributed by atoms with Gasteiger partial charge in [-0.15, -0.1) is 24.8 Å². The predicted molar refractivity (Wildman–Crippen MR) is 117 cm³/mol. The van der Waals surface area contributed by atoms with Gasteiger partial charge in [-0.3, -0.25) is 9.69 Å². The third-order valence-electron chi connectivity index (χ3n) is 4.74. The van der Waals surface area contributed by atoms with E-state index in [2.05, 4.69) is 4.90 Å². The maximum Gasteiger partial charge on any atom is 0.159 e. The number of para-hydroxylation sites is 1. The molecule has 1 aliphatic heterocycles. The van der Waals surface area contributed by atoms with Crippen molar-refractivity contribution in [3.05, 3.63) is 59.9 Å². The van der Waals surface area contributed by atoms with Crippen molar-refractivity contribution in [2.24, 2.45) is 0 Å². The molecule has 1 unspecified atom stereocenters. The van der Waals surface area contributed by atoms with Crippen LogP contribution in [0.2, 0.25) is 0 Å². The molecule has 0 radical (unpaired) electrons. The molecule has 1 saturated heterocycles. The molecular formula is C21H27Cl2FN2O3. The molecule has 5 nitrogen and oxygen atoms in total. The Morgan fingerprint density at radius 3 is 2.28 bits per heavy atom. The van der Waals surface area contributed by atoms with Crippen LogP contribution in [0.1, 0.15) is 17.3 Å². The van der Waals surface area contributed by atoms with Crippen molar-refractivity contribution in [2.75, 3.05) is 44.2 Å². The highest BCUT2D eigenvalue weighted by molar-refractivity contribution is 5.94. The predicted octanol–water partition coefficient (Wildman–Crippen LogP) is 3.43. The first-order valence-corrected chi connectivity index (χ1v) is 9.16. The van der Waals surface area contributed by atoms with E-state index in [1.807, 2.05) is 11.0 Å². The maximum atomic E-state index is 13.9. The molecule has 29 heavy (non-hydrogen) atoms. The Hall–Kier alpha value is -1.86. The van der Waals surface area contributed by atoms with Gasteiger partial charge in [-0.25, -0.2) is 4.39 Å². The lowest BCUT2D eigenvalue weighted by Gasteiger charge is -2.36. The summed E-state index contributed by atoms with van der Waals surface area (Å²) in [6, 6.07) is 13.7. The summed E-state index contributed by atoms with van der Waals surface area (Å²) in [5, 5.41) is 10.2. The van der Waals surface area contributed by atoms with E-state index in [1.54, 1.807) is 36.4 Å². The van der Waals surface area contributed by atoms with Gasteiger partial charge in [0.05, 0.1) is 5.69 Å². The van der Waals surface area contributed by atoms with Crippen LogP contribution in [0.4, 0.5) is 10.1 Å². The fraction of sp³-hybridized carbons (Fsp3) is 0.381. The number of anilines is 1. The van der Waals surface area contributed by atoms with E-state index in [-0.39, 0.29) is 43.0 Å². The van der Waals surface area contributed by atoms with E-state index in [9.17, 15) is 14.3 Å². The number of carbonyl (C=O) groups is 1. The summed E-state index contributed by atoms with van der Waals surface area (Å²) < 4.78 is 19.5. The van der Waals surface area contributed by atoms with Crippen LogP contribution >= 0.6 is 24.8 Å². The summed E-state index contributed by atoms with van der Waals surface area (Å²) in [4.78, 5) is 15.5. The molecule has 0 aromatic heterocycles. The fourth-order valence-electron chi connectivity index (χ4n) is 3.21. The van der Waals surface area contributed by atoms with Crippen molar-refractivity contribution in [1.82, 2.24) is 4.90 Å². The fourth-order valence-corrected chi connectivity index (χ4v) is 3.21. The number of carbonyl (C=O) groups excluding carboxylic acids is 1. The number of ketones is 1. The normalized spacial score (nSPS) is 15.1. The van der Waals surface area contributed by atoms with Crippen LogP contribution in [0.5, 0.6) is 5.75 Å². The summed E-state index contributed by atoms with van der Waals surface area (Å²) in [5.41, 5.74) is 1.27. The van der Waals surface area contributed by atoms with E-state index in [0.29, 0.717) is 23.5 Å². The molecule has 0 spiro atoms. The van der Waals surface area contributed by atoms with Gasteiger partial charge >= 0.3 is 0 Å². The number of piperazine rings is 1. The lowest BCUT2D eigenvalue weighted by Crippen LogP contribution is -2.49. The van der Waals surface area contributed by atoms with Crippen LogP contribution in [0.15, 0.2) is 48.5 Å². The molecule has 1 fully saturated rings. The number of halogens is 3. The second kappa shape index (κ2) is 12.0. The molecule has 1 heterocycles. The van der Waals surface area contributed by atoms with Crippen molar-refractivity contribution >= 4 is 36.3 Å². The standard InChI is InChI=1S/C21H25FN2O3.2ClH/c1-16(25)17-6-8-19(9-7-17)27-15-18(26)14-23-10-12-24(13-11-23)21-5-3-2-4-20(21)22;;/h2-9,18,26H,10-15H2,1H3;2*1H. The summed E-state index contributed by atoms with van der Waals surface area (Å²) >= 11 is 0. The van der Waals surface area contributed by atoms with Gasteiger partial charge in [-0.05, 0) is 43.3 Å². The highest BCUT2D eigenvalue weighted by atomic mass is 35.5. The van der Waals surface area contributed by atoms with E-state index in [4.69, 9.17) is 4.74 Å². The number of rotatable bonds is 7. The molecular weight excluding hydrogens is 418 g/mol. The summed E-state index contributed by atoms with van der Waals surface area (Å²) in [7, 11) is 0. The van der Waals surface area contributed by atoms with Gasteiger partial charge < -0.3 is 14.7 Å². The number of β-amino-alcohol motifs (C(OH)–C–C–N with tert-alkyl or cyclic N) is 1. The Bertz CT molecular complexity index is 769. The zero-order valence-corrected chi connectivity index (χ0v) is 17.9. The molecule has 8 heteroatoms. The summed E-state index contributed by atoms with van der Waals surface area (Å²) in [5.74, 6) is 0.440. The number of ether oxygens (including phenoxy) is 1. The molecule has 0 bridgehead atoms. The number of hydrogen-bond acceptors (Lipinski definition) is 5. The van der Waals surface area contributed by atoms with Gasteiger partial charge in [0, 0.05) is 38.3 Å². The van der Waals surface area contributed by atoms with Crippen LogP contribution in [-0.2, 0) is 0 Å². The Balaban J connectivity index is 0.00000210. The molecule has 1 N–H and O–H groups in total. The number of nitrogens with zero attached hydrogens (tertiary/aromatic N) is 2. The third-order valence-corrected chi connectivity index (χ3v) is 4.74. The second-order valence-corrected chi connectivity index (χ2v) is 6.78. The largest absolute Gasteiger partial charge is 0.491 e. The van der Waals surface area contributed by atoms with Crippen molar-refractivity contribution in [2.45, 2.75) is 13.0 Å². The van der Waals surface area contributed by atoms with Crippen molar-refractivity contribution in [3.63, 3.8) is 0 Å². The third kappa shape index (κ3) is 7.16. The second-order valence-electron chi connectivity index (χ2n) is 6.78. The smallest absolute Gasteiger partial charge is 0.159 e. The molecule has 0 amide bonds. The highest BCUT2D eigenvalue weighted by Crippen LogP contribution is 2.20. The van der Waals surface area contributed by atoms with Crippen molar-refractivity contribution in [1.29, 1.82) is 0 Å². The van der Waals surface area contributed by atoms with Crippen LogP contribution in [0.3, 0.4) is 0 Å². The lowest BCUT2D eigenvalue weighted by molar-refractivity contribution is 0.0662. The summed E-state index contributed by atoms with van der Waals surface area (Å²) in [6.07, 6.45) is -0.613. The average molecular weight is 445 g/mol. The lowest BCUT2D eigenvalue weighted by atomic mass is 10.1. The van der Waals surface area contributed by atoms with Gasteiger partial charge in [-0.1, -0.05) is 12.1 Å². The Kier molecular flexibility index (Phi) is 10.4. The Morgan fingerprint density at radius 2 is 1.69 bits per heavy atom. The molecule has 1 atom stereocenters. The van der Waals surface area contributed by atoms with Gasteiger partial charge in [0.1, 0.15) is 24.3 Å². The minimum atomic E-state index is -0.613. The van der Waals surface area contributed by atoms with Gasteiger partial charge in [-0.2, -0.15) is 0 Å². The van der Waals surface area contributed by atoms with E-state index in [1.165, 1.54) is 13.0 Å². The minimum absolute atomic E-state index is 0. The topological polar surface area (TPSA) is 53.0 Å². The van der Waals surface area contributed by atoms with Gasteiger partial charge in [0.2, 0.25) is 0 Å². The Morgan fingerprint density at radius 1 is 1.07 bits per heavy atom. The maximum absolute atomic E-state index is 13.9. The van der Waals surface area contributed by atoms with E-state index < -0.39 is 6.10 Å². The van der Waals surface area contributed by atoms with E-state index in [0.717, 1.165) is 26.2 Å². The Labute approximate surface area is 183 Å². The van der Waals surface area contributed by atoms with Crippen LogP contribution < -0.4 is 9.64 Å². The zero-order chi connectivity index (χ0) is 19.2. The highest BCUT2D eigenvalue weighted by Gasteiger charge is 2.21. The number of aliphatic hydroxyl groups is 1. The molecule has 0 saturated carbocycles. The molecule has 2 aromatic carbocycles. The van der Waals surface area contributed by atoms with Crippen molar-refractivity contribution in [3.8, 4) is 5.75 Å². The monoisotopic (exact) mass is 444 g/mol. The minimum Gasteiger partial charge on any atom is -0.491 e. The quantitative estimate of drug-likeness (QED) is 0.662. The average Bonchev–Trinajstić information content (AvgIpc) is 2.68. The van der Waals surface area contributed by atoms with Gasteiger partial charge in [0.25, 0.3) is 0 Å². The SMILES string of the molecule is CC(=O)c1ccc(OCC(O)CN2CCN(c3ccccc3F)CC2)cc1.Cl.Cl. The molecule has 1 aliphatic rings. The molecule has 160 valence electrons. The number of Topliss-reactive ketones (excluding diaryl/α,β-unsaturated/α-hetero) is 1. The first kappa shape index (κ1) is 25.2. The van der Waals surface area contributed by atoms with Crippen LogP contribution in [0.25, 0.3) is 0 Å². The first-order chi connectivity index (χ1) is 13.0. The first-order valence-electron chi connectivity index (χ1n) is 9.16. The van der Waals surface area contributed by atoms with Crippen LogP contribution in [-0.4, -0.2) is 61.2 Å². The van der Waals surface area contributed by atoms with Crippen LogP contribution in [0, 0.1) is 5.82 Å². The van der Waals surface area contributed by atoms with Gasteiger partial charge in [0.15, 0.2) is 5.78 Å². The van der Waals surface area contributed by atoms with E-state index >= 15 is 0 Å². The molecule has 0 aliphatic carbocycles. The molecule has 2 aromatic rings. The van der Waals surface area contributed by atoms with Crippen molar-refractivity contribution < 1.29 is 19.0 Å². The number of hydrogen-bond donors (Lipinski definition) is 1. The molecule has 3 rings (SSSR count). The zero-order valence-electron chi connectivity index (χ0n) is 16.3.